The number of anilines is 2. The predicted molar refractivity (Wildman–Crippen MR) is 114 cm³/mol. The third kappa shape index (κ3) is 3.79. The molecule has 7 nitrogen and oxygen atoms in total. The predicted octanol–water partition coefficient (Wildman–Crippen LogP) is 4.64. The molecule has 0 saturated heterocycles. The molecule has 0 saturated carbocycles. The summed E-state index contributed by atoms with van der Waals surface area (Å²) in [5, 5.41) is 12.2. The molecule has 0 radical (unpaired) electrons. The number of fused-ring (bicyclic) bond motifs is 1. The minimum absolute atomic E-state index is 0.650. The number of hydrogen-bond acceptors (Lipinski definition) is 5. The first-order valence-corrected chi connectivity index (χ1v) is 9.00. The number of halogens is 1. The number of nitrogens with zero attached hydrogens (tertiary/aromatic N) is 5. The summed E-state index contributed by atoms with van der Waals surface area (Å²) in [6.45, 7) is 0. The molecule has 2 heterocycles. The molecule has 4 aromatic rings. The van der Waals surface area contributed by atoms with Crippen LogP contribution >= 0.6 is 11.6 Å². The largest absolute Gasteiger partial charge is 0.369 e. The second-order valence-electron chi connectivity index (χ2n) is 6.41. The van der Waals surface area contributed by atoms with Gasteiger partial charge in [-0.2, -0.15) is 5.10 Å². The minimum Gasteiger partial charge on any atom is -0.369 e. The van der Waals surface area contributed by atoms with E-state index in [9.17, 15) is 0 Å². The SMILES string of the molecule is CN(C)C=Nc1ccc(-c2n[nH]c3ncnc(Nc4cccc(Cl)c4)c23)cc1. The second kappa shape index (κ2) is 7.66. The Morgan fingerprint density at radius 1 is 1.11 bits per heavy atom. The summed E-state index contributed by atoms with van der Waals surface area (Å²) in [6, 6.07) is 15.3. The zero-order chi connectivity index (χ0) is 19.5. The van der Waals surface area contributed by atoms with Gasteiger partial charge in [0.25, 0.3) is 0 Å². The van der Waals surface area contributed by atoms with E-state index in [2.05, 4.69) is 30.5 Å². The molecule has 0 aliphatic carbocycles. The Bertz CT molecular complexity index is 1130. The van der Waals surface area contributed by atoms with Crippen LogP contribution in [0.25, 0.3) is 22.3 Å². The van der Waals surface area contributed by atoms with Gasteiger partial charge < -0.3 is 10.2 Å². The average molecular weight is 392 g/mol. The number of benzene rings is 2. The van der Waals surface area contributed by atoms with Crippen LogP contribution in [-0.4, -0.2) is 45.5 Å². The molecular formula is C20H18ClN7. The van der Waals surface area contributed by atoms with Gasteiger partial charge in [0.05, 0.1) is 17.4 Å². The van der Waals surface area contributed by atoms with E-state index < -0.39 is 0 Å². The second-order valence-corrected chi connectivity index (χ2v) is 6.84. The van der Waals surface area contributed by atoms with Crippen molar-refractivity contribution in [3.8, 4) is 11.3 Å². The van der Waals surface area contributed by atoms with Crippen molar-refractivity contribution in [3.05, 3.63) is 59.9 Å². The van der Waals surface area contributed by atoms with Crippen molar-refractivity contribution in [3.63, 3.8) is 0 Å². The zero-order valence-electron chi connectivity index (χ0n) is 15.4. The van der Waals surface area contributed by atoms with E-state index in [4.69, 9.17) is 11.6 Å². The van der Waals surface area contributed by atoms with E-state index in [0.29, 0.717) is 16.5 Å². The highest BCUT2D eigenvalue weighted by molar-refractivity contribution is 6.30. The van der Waals surface area contributed by atoms with Crippen LogP contribution in [0.1, 0.15) is 0 Å². The molecule has 2 aromatic heterocycles. The maximum absolute atomic E-state index is 6.09. The van der Waals surface area contributed by atoms with Crippen molar-refractivity contribution in [2.45, 2.75) is 0 Å². The lowest BCUT2D eigenvalue weighted by atomic mass is 10.1. The Labute approximate surface area is 167 Å². The number of nitrogens with one attached hydrogen (secondary N) is 2. The molecule has 8 heteroatoms. The minimum atomic E-state index is 0.650. The van der Waals surface area contributed by atoms with Crippen molar-refractivity contribution >= 4 is 46.2 Å². The standard InChI is InChI=1S/C20H18ClN7/c1-28(2)12-24-15-8-6-13(7-9-15)18-17-19(22-11-23-20(17)27-26-18)25-16-5-3-4-14(21)10-16/h3-12H,1-2H3,(H2,22,23,25,26,27). The molecule has 0 spiro atoms. The quantitative estimate of drug-likeness (QED) is 0.382. The van der Waals surface area contributed by atoms with E-state index in [1.807, 2.05) is 67.5 Å². The molecule has 0 aliphatic heterocycles. The van der Waals surface area contributed by atoms with Gasteiger partial charge in [-0.25, -0.2) is 15.0 Å². The molecule has 0 unspecified atom stereocenters. The summed E-state index contributed by atoms with van der Waals surface area (Å²) in [6.07, 6.45) is 3.26. The zero-order valence-corrected chi connectivity index (χ0v) is 16.1. The Morgan fingerprint density at radius 2 is 1.93 bits per heavy atom. The Kier molecular flexibility index (Phi) is 4.90. The Morgan fingerprint density at radius 3 is 2.68 bits per heavy atom. The van der Waals surface area contributed by atoms with Crippen LogP contribution in [0.5, 0.6) is 0 Å². The number of hydrogen-bond donors (Lipinski definition) is 2. The first-order chi connectivity index (χ1) is 13.6. The smallest absolute Gasteiger partial charge is 0.161 e. The first-order valence-electron chi connectivity index (χ1n) is 8.63. The molecule has 28 heavy (non-hydrogen) atoms. The lowest BCUT2D eigenvalue weighted by molar-refractivity contribution is 0.643. The summed E-state index contributed by atoms with van der Waals surface area (Å²) < 4.78 is 0. The molecule has 0 bridgehead atoms. The molecule has 0 atom stereocenters. The summed E-state index contributed by atoms with van der Waals surface area (Å²) in [7, 11) is 3.87. The molecular weight excluding hydrogens is 374 g/mol. The monoisotopic (exact) mass is 391 g/mol. The van der Waals surface area contributed by atoms with E-state index >= 15 is 0 Å². The first kappa shape index (κ1) is 17.9. The van der Waals surface area contributed by atoms with Gasteiger partial charge in [-0.15, -0.1) is 0 Å². The van der Waals surface area contributed by atoms with E-state index in [-0.39, 0.29) is 0 Å². The van der Waals surface area contributed by atoms with Crippen molar-refractivity contribution < 1.29 is 0 Å². The third-order valence-corrected chi connectivity index (χ3v) is 4.26. The number of aliphatic imine (C=N–C) groups is 1. The molecule has 4 rings (SSSR count). The molecule has 0 amide bonds. The van der Waals surface area contributed by atoms with Crippen LogP contribution in [-0.2, 0) is 0 Å². The normalized spacial score (nSPS) is 11.2. The van der Waals surface area contributed by atoms with Crippen molar-refractivity contribution in [1.82, 2.24) is 25.1 Å². The Balaban J connectivity index is 1.72. The topological polar surface area (TPSA) is 82.1 Å². The highest BCUT2D eigenvalue weighted by atomic mass is 35.5. The van der Waals surface area contributed by atoms with E-state index in [1.165, 1.54) is 6.33 Å². The van der Waals surface area contributed by atoms with Crippen LogP contribution in [0.15, 0.2) is 59.9 Å². The molecule has 0 aliphatic rings. The third-order valence-electron chi connectivity index (χ3n) is 4.02. The highest BCUT2D eigenvalue weighted by Gasteiger charge is 2.15. The fraction of sp³-hybridized carbons (Fsp3) is 0.100. The number of aromatic nitrogens is 4. The van der Waals surface area contributed by atoms with Gasteiger partial charge in [0.15, 0.2) is 5.65 Å². The van der Waals surface area contributed by atoms with Crippen LogP contribution in [0, 0.1) is 0 Å². The lowest BCUT2D eigenvalue weighted by Crippen LogP contribution is -2.06. The van der Waals surface area contributed by atoms with Crippen LogP contribution in [0.2, 0.25) is 5.02 Å². The summed E-state index contributed by atoms with van der Waals surface area (Å²) >= 11 is 6.09. The van der Waals surface area contributed by atoms with Gasteiger partial charge >= 0.3 is 0 Å². The van der Waals surface area contributed by atoms with Gasteiger partial charge in [0.1, 0.15) is 17.8 Å². The van der Waals surface area contributed by atoms with Gasteiger partial charge in [-0.1, -0.05) is 29.8 Å². The van der Waals surface area contributed by atoms with E-state index in [1.54, 1.807) is 6.34 Å². The Hall–Kier alpha value is -3.45. The van der Waals surface area contributed by atoms with Crippen molar-refractivity contribution in [2.24, 2.45) is 4.99 Å². The maximum Gasteiger partial charge on any atom is 0.161 e. The maximum atomic E-state index is 6.09. The van der Waals surface area contributed by atoms with Gasteiger partial charge in [-0.05, 0) is 30.3 Å². The molecule has 140 valence electrons. The summed E-state index contributed by atoms with van der Waals surface area (Å²) in [5.41, 5.74) is 4.07. The fourth-order valence-corrected chi connectivity index (χ4v) is 2.94. The van der Waals surface area contributed by atoms with Gasteiger partial charge in [0.2, 0.25) is 0 Å². The van der Waals surface area contributed by atoms with Crippen molar-refractivity contribution in [1.29, 1.82) is 0 Å². The number of H-pyrrole nitrogens is 1. The van der Waals surface area contributed by atoms with Crippen LogP contribution in [0.3, 0.4) is 0 Å². The highest BCUT2D eigenvalue weighted by Crippen LogP contribution is 2.32. The number of rotatable bonds is 5. The van der Waals surface area contributed by atoms with Gasteiger partial charge in [-0.3, -0.25) is 5.10 Å². The van der Waals surface area contributed by atoms with E-state index in [0.717, 1.165) is 28.0 Å². The molecule has 2 aromatic carbocycles. The summed E-state index contributed by atoms with van der Waals surface area (Å²) in [4.78, 5) is 15.0. The van der Waals surface area contributed by atoms with Crippen LogP contribution in [0.4, 0.5) is 17.2 Å². The lowest BCUT2D eigenvalue weighted by Gasteiger charge is -2.08. The van der Waals surface area contributed by atoms with Crippen molar-refractivity contribution in [2.75, 3.05) is 19.4 Å². The molecule has 2 N–H and O–H groups in total. The fourth-order valence-electron chi connectivity index (χ4n) is 2.75. The average Bonchev–Trinajstić information content (AvgIpc) is 3.12. The summed E-state index contributed by atoms with van der Waals surface area (Å²) in [5.74, 6) is 0.658. The molecule has 0 fully saturated rings. The number of aromatic amines is 1. The van der Waals surface area contributed by atoms with Gasteiger partial charge in [0, 0.05) is 30.4 Å². The van der Waals surface area contributed by atoms with Crippen LogP contribution < -0.4 is 5.32 Å².